The van der Waals surface area contributed by atoms with Gasteiger partial charge < -0.3 is 10.2 Å². The standard InChI is InChI=1S/C21H26N4O2S/c1-13-7-8-15(11-14(13)2)19(26)25-10-9-17-18(12-25)28-21(23-17)24-20(27)22-16-5-3-4-6-16/h7-8,11,16H,3-6,9-10,12H2,1-2H3,(H2,22,23,24,27). The first-order valence-corrected chi connectivity index (χ1v) is 10.7. The fourth-order valence-corrected chi connectivity index (χ4v) is 4.89. The molecule has 0 radical (unpaired) electrons. The van der Waals surface area contributed by atoms with Crippen molar-refractivity contribution in [2.45, 2.75) is 58.5 Å². The van der Waals surface area contributed by atoms with Crippen molar-refractivity contribution in [1.29, 1.82) is 0 Å². The van der Waals surface area contributed by atoms with Gasteiger partial charge in [-0.1, -0.05) is 30.2 Å². The molecule has 0 saturated heterocycles. The third-order valence-electron chi connectivity index (χ3n) is 5.68. The molecule has 0 atom stereocenters. The molecule has 1 aliphatic heterocycles. The SMILES string of the molecule is Cc1ccc(C(=O)N2CCc3nc(NC(=O)NC4CCCC4)sc3C2)cc1C. The number of nitrogens with zero attached hydrogens (tertiary/aromatic N) is 2. The lowest BCUT2D eigenvalue weighted by Crippen LogP contribution is -2.36. The molecule has 6 nitrogen and oxygen atoms in total. The minimum Gasteiger partial charge on any atom is -0.335 e. The van der Waals surface area contributed by atoms with Gasteiger partial charge in [-0.15, -0.1) is 0 Å². The molecule has 2 heterocycles. The van der Waals surface area contributed by atoms with Gasteiger partial charge in [0.1, 0.15) is 0 Å². The summed E-state index contributed by atoms with van der Waals surface area (Å²) in [6, 6.07) is 5.95. The molecule has 0 bridgehead atoms. The zero-order valence-corrected chi connectivity index (χ0v) is 17.2. The predicted octanol–water partition coefficient (Wildman–Crippen LogP) is 4.02. The number of nitrogens with one attached hydrogen (secondary N) is 2. The van der Waals surface area contributed by atoms with Crippen LogP contribution in [0.3, 0.4) is 0 Å². The van der Waals surface area contributed by atoms with Crippen LogP contribution in [0.4, 0.5) is 9.93 Å². The van der Waals surface area contributed by atoms with Crippen molar-refractivity contribution in [2.75, 3.05) is 11.9 Å². The van der Waals surface area contributed by atoms with Gasteiger partial charge in [0.25, 0.3) is 5.91 Å². The van der Waals surface area contributed by atoms with E-state index in [1.165, 1.54) is 29.7 Å². The average Bonchev–Trinajstić information content (AvgIpc) is 3.31. The van der Waals surface area contributed by atoms with E-state index in [2.05, 4.69) is 15.6 Å². The molecular formula is C21H26N4O2S. The van der Waals surface area contributed by atoms with Crippen molar-refractivity contribution in [3.8, 4) is 0 Å². The second kappa shape index (κ2) is 7.91. The van der Waals surface area contributed by atoms with Gasteiger partial charge in [-0.05, 0) is 49.9 Å². The van der Waals surface area contributed by atoms with E-state index in [-0.39, 0.29) is 18.0 Å². The number of hydrogen-bond donors (Lipinski definition) is 2. The summed E-state index contributed by atoms with van der Waals surface area (Å²) in [4.78, 5) is 32.5. The predicted molar refractivity (Wildman–Crippen MR) is 111 cm³/mol. The molecule has 2 aliphatic rings. The van der Waals surface area contributed by atoms with Gasteiger partial charge >= 0.3 is 6.03 Å². The fourth-order valence-electron chi connectivity index (χ4n) is 3.87. The van der Waals surface area contributed by atoms with Crippen LogP contribution in [-0.4, -0.2) is 34.4 Å². The van der Waals surface area contributed by atoms with Gasteiger partial charge in [0, 0.05) is 29.4 Å². The number of carbonyl (C=O) groups is 2. The summed E-state index contributed by atoms with van der Waals surface area (Å²) in [5.74, 6) is 0.0515. The van der Waals surface area contributed by atoms with Crippen LogP contribution in [0.25, 0.3) is 0 Å². The van der Waals surface area contributed by atoms with Gasteiger partial charge in [-0.3, -0.25) is 10.1 Å². The number of carbonyl (C=O) groups excluding carboxylic acids is 2. The van der Waals surface area contributed by atoms with Crippen LogP contribution in [0.2, 0.25) is 0 Å². The van der Waals surface area contributed by atoms with E-state index in [0.29, 0.717) is 24.6 Å². The first-order chi connectivity index (χ1) is 13.5. The quantitative estimate of drug-likeness (QED) is 0.820. The minimum absolute atomic E-state index is 0.0515. The molecule has 3 amide bonds. The Morgan fingerprint density at radius 1 is 1.18 bits per heavy atom. The lowest BCUT2D eigenvalue weighted by molar-refractivity contribution is 0.0736. The summed E-state index contributed by atoms with van der Waals surface area (Å²) < 4.78 is 0. The Balaban J connectivity index is 1.40. The van der Waals surface area contributed by atoms with Crippen LogP contribution in [-0.2, 0) is 13.0 Å². The summed E-state index contributed by atoms with van der Waals surface area (Å²) in [7, 11) is 0. The summed E-state index contributed by atoms with van der Waals surface area (Å²) >= 11 is 1.47. The Labute approximate surface area is 169 Å². The average molecular weight is 399 g/mol. The van der Waals surface area contributed by atoms with Crippen LogP contribution in [0, 0.1) is 13.8 Å². The van der Waals surface area contributed by atoms with Crippen LogP contribution in [0.1, 0.15) is 57.7 Å². The van der Waals surface area contributed by atoms with Crippen molar-refractivity contribution in [3.63, 3.8) is 0 Å². The molecule has 1 saturated carbocycles. The second-order valence-electron chi connectivity index (χ2n) is 7.74. The largest absolute Gasteiger partial charge is 0.335 e. The van der Waals surface area contributed by atoms with E-state index < -0.39 is 0 Å². The zero-order chi connectivity index (χ0) is 19.7. The number of thiazole rings is 1. The number of fused-ring (bicyclic) bond motifs is 1. The number of anilines is 1. The summed E-state index contributed by atoms with van der Waals surface area (Å²) in [5, 5.41) is 6.50. The highest BCUT2D eigenvalue weighted by Gasteiger charge is 2.26. The Morgan fingerprint density at radius 3 is 2.71 bits per heavy atom. The van der Waals surface area contributed by atoms with Gasteiger partial charge in [0.2, 0.25) is 0 Å². The topological polar surface area (TPSA) is 74.3 Å². The first-order valence-electron chi connectivity index (χ1n) is 9.92. The maximum atomic E-state index is 12.9. The maximum Gasteiger partial charge on any atom is 0.321 e. The molecule has 1 fully saturated rings. The Hall–Kier alpha value is -2.41. The molecule has 4 rings (SSSR count). The molecule has 1 aromatic carbocycles. The van der Waals surface area contributed by atoms with E-state index in [0.717, 1.165) is 34.5 Å². The lowest BCUT2D eigenvalue weighted by Gasteiger charge is -2.26. The molecule has 28 heavy (non-hydrogen) atoms. The Bertz CT molecular complexity index is 902. The number of aromatic nitrogens is 1. The molecular weight excluding hydrogens is 372 g/mol. The van der Waals surface area contributed by atoms with Crippen molar-refractivity contribution in [3.05, 3.63) is 45.5 Å². The smallest absolute Gasteiger partial charge is 0.321 e. The van der Waals surface area contributed by atoms with Crippen molar-refractivity contribution in [2.24, 2.45) is 0 Å². The molecule has 1 aromatic heterocycles. The highest BCUT2D eigenvalue weighted by atomic mass is 32.1. The fraction of sp³-hybridized carbons (Fsp3) is 0.476. The second-order valence-corrected chi connectivity index (χ2v) is 8.83. The van der Waals surface area contributed by atoms with Crippen LogP contribution in [0.5, 0.6) is 0 Å². The van der Waals surface area contributed by atoms with E-state index in [1.807, 2.05) is 36.9 Å². The number of amides is 3. The third kappa shape index (κ3) is 4.04. The summed E-state index contributed by atoms with van der Waals surface area (Å²) in [6.45, 7) is 5.27. The summed E-state index contributed by atoms with van der Waals surface area (Å²) in [6.07, 6.45) is 5.19. The van der Waals surface area contributed by atoms with Gasteiger partial charge in [0.15, 0.2) is 5.13 Å². The van der Waals surface area contributed by atoms with Crippen molar-refractivity contribution < 1.29 is 9.59 Å². The van der Waals surface area contributed by atoms with Gasteiger partial charge in [-0.2, -0.15) is 0 Å². The highest BCUT2D eigenvalue weighted by molar-refractivity contribution is 7.15. The van der Waals surface area contributed by atoms with Gasteiger partial charge in [-0.25, -0.2) is 9.78 Å². The van der Waals surface area contributed by atoms with Crippen LogP contribution < -0.4 is 10.6 Å². The Morgan fingerprint density at radius 2 is 1.96 bits per heavy atom. The zero-order valence-electron chi connectivity index (χ0n) is 16.4. The Kier molecular flexibility index (Phi) is 5.35. The lowest BCUT2D eigenvalue weighted by atomic mass is 10.0. The monoisotopic (exact) mass is 398 g/mol. The highest BCUT2D eigenvalue weighted by Crippen LogP contribution is 2.29. The number of rotatable bonds is 3. The van der Waals surface area contributed by atoms with Crippen LogP contribution >= 0.6 is 11.3 Å². The molecule has 1 aliphatic carbocycles. The molecule has 0 unspecified atom stereocenters. The number of urea groups is 1. The normalized spacial score (nSPS) is 16.7. The molecule has 7 heteroatoms. The molecule has 2 aromatic rings. The number of hydrogen-bond acceptors (Lipinski definition) is 4. The van der Waals surface area contributed by atoms with E-state index in [9.17, 15) is 9.59 Å². The molecule has 0 spiro atoms. The molecule has 148 valence electrons. The number of aryl methyl sites for hydroxylation is 2. The van der Waals surface area contributed by atoms with Gasteiger partial charge in [0.05, 0.1) is 12.2 Å². The molecule has 2 N–H and O–H groups in total. The van der Waals surface area contributed by atoms with Crippen molar-refractivity contribution in [1.82, 2.24) is 15.2 Å². The van der Waals surface area contributed by atoms with Crippen molar-refractivity contribution >= 4 is 28.4 Å². The summed E-state index contributed by atoms with van der Waals surface area (Å²) in [5.41, 5.74) is 4.03. The van der Waals surface area contributed by atoms with E-state index in [4.69, 9.17) is 0 Å². The van der Waals surface area contributed by atoms with E-state index in [1.54, 1.807) is 0 Å². The third-order valence-corrected chi connectivity index (χ3v) is 6.68. The maximum absolute atomic E-state index is 12.9. The number of benzene rings is 1. The minimum atomic E-state index is -0.180. The first kappa shape index (κ1) is 18.9. The van der Waals surface area contributed by atoms with Crippen LogP contribution in [0.15, 0.2) is 18.2 Å². The van der Waals surface area contributed by atoms with E-state index >= 15 is 0 Å².